The van der Waals surface area contributed by atoms with Gasteiger partial charge in [-0.25, -0.2) is 0 Å². The fourth-order valence-corrected chi connectivity index (χ4v) is 2.27. The molecule has 3 rings (SSSR count). The molecule has 1 saturated heterocycles. The second-order valence-corrected chi connectivity index (χ2v) is 4.57. The van der Waals surface area contributed by atoms with Crippen LogP contribution >= 0.6 is 0 Å². The van der Waals surface area contributed by atoms with Crippen molar-refractivity contribution in [2.75, 3.05) is 6.61 Å². The minimum atomic E-state index is -0.142. The van der Waals surface area contributed by atoms with Gasteiger partial charge in [0, 0.05) is 13.0 Å². The van der Waals surface area contributed by atoms with Crippen molar-refractivity contribution in [2.45, 2.75) is 19.0 Å². The predicted molar refractivity (Wildman–Crippen MR) is 70.2 cm³/mol. The molecule has 92 valence electrons. The van der Waals surface area contributed by atoms with Gasteiger partial charge in [-0.2, -0.15) is 0 Å². The summed E-state index contributed by atoms with van der Waals surface area (Å²) in [5, 5.41) is 5.70. The Morgan fingerprint density at radius 2 is 2.00 bits per heavy atom. The van der Waals surface area contributed by atoms with E-state index in [4.69, 9.17) is 4.74 Å². The van der Waals surface area contributed by atoms with Crippen LogP contribution in [-0.4, -0.2) is 18.6 Å². The second-order valence-electron chi connectivity index (χ2n) is 4.57. The maximum atomic E-state index is 11.3. The summed E-state index contributed by atoms with van der Waals surface area (Å²) in [4.78, 5) is 11.3. The van der Waals surface area contributed by atoms with Crippen LogP contribution in [0.4, 0.5) is 0 Å². The van der Waals surface area contributed by atoms with Crippen LogP contribution in [-0.2, 0) is 16.1 Å². The van der Waals surface area contributed by atoms with Crippen molar-refractivity contribution in [3.63, 3.8) is 0 Å². The van der Waals surface area contributed by atoms with Gasteiger partial charge in [0.2, 0.25) is 0 Å². The van der Waals surface area contributed by atoms with Crippen LogP contribution in [0, 0.1) is 0 Å². The van der Waals surface area contributed by atoms with E-state index in [-0.39, 0.29) is 12.0 Å². The van der Waals surface area contributed by atoms with Crippen LogP contribution in [0.1, 0.15) is 12.0 Å². The Kier molecular flexibility index (Phi) is 2.99. The molecule has 1 fully saturated rings. The van der Waals surface area contributed by atoms with Crippen molar-refractivity contribution < 1.29 is 9.53 Å². The Balaban J connectivity index is 1.72. The number of nitrogens with one attached hydrogen (secondary N) is 1. The maximum absolute atomic E-state index is 11.3. The SMILES string of the molecule is O=C1OCCC1NCc1ccc2ccccc2c1. The molecule has 3 heteroatoms. The summed E-state index contributed by atoms with van der Waals surface area (Å²) >= 11 is 0. The first-order chi connectivity index (χ1) is 8.83. The van der Waals surface area contributed by atoms with E-state index in [0.717, 1.165) is 6.42 Å². The van der Waals surface area contributed by atoms with Gasteiger partial charge in [-0.3, -0.25) is 4.79 Å². The number of ether oxygens (including phenoxy) is 1. The Labute approximate surface area is 106 Å². The molecule has 0 saturated carbocycles. The normalized spacial score (nSPS) is 19.1. The number of hydrogen-bond acceptors (Lipinski definition) is 3. The molecule has 0 spiro atoms. The van der Waals surface area contributed by atoms with Gasteiger partial charge in [0.25, 0.3) is 0 Å². The van der Waals surface area contributed by atoms with Crippen LogP contribution < -0.4 is 5.32 Å². The lowest BCUT2D eigenvalue weighted by Crippen LogP contribution is -2.32. The molecule has 0 bridgehead atoms. The molecule has 3 nitrogen and oxygen atoms in total. The van der Waals surface area contributed by atoms with E-state index in [1.807, 2.05) is 12.1 Å². The third-order valence-electron chi connectivity index (χ3n) is 3.30. The highest BCUT2D eigenvalue weighted by Crippen LogP contribution is 2.16. The third kappa shape index (κ3) is 2.22. The van der Waals surface area contributed by atoms with E-state index in [2.05, 4.69) is 35.6 Å². The number of benzene rings is 2. The topological polar surface area (TPSA) is 38.3 Å². The van der Waals surface area contributed by atoms with E-state index in [0.29, 0.717) is 13.2 Å². The maximum Gasteiger partial charge on any atom is 0.323 e. The van der Waals surface area contributed by atoms with Crippen molar-refractivity contribution in [3.05, 3.63) is 48.0 Å². The van der Waals surface area contributed by atoms with Crippen molar-refractivity contribution >= 4 is 16.7 Å². The standard InChI is InChI=1S/C15H15NO2/c17-15-14(7-8-18-15)16-10-11-5-6-12-3-1-2-4-13(12)9-11/h1-6,9,14,16H,7-8,10H2. The van der Waals surface area contributed by atoms with Crippen LogP contribution in [0.2, 0.25) is 0 Å². The van der Waals surface area contributed by atoms with Gasteiger partial charge in [-0.1, -0.05) is 36.4 Å². The zero-order valence-corrected chi connectivity index (χ0v) is 10.1. The molecule has 0 amide bonds. The molecule has 1 N–H and O–H groups in total. The number of cyclic esters (lactones) is 1. The van der Waals surface area contributed by atoms with E-state index in [1.54, 1.807) is 0 Å². The van der Waals surface area contributed by atoms with Gasteiger partial charge >= 0.3 is 5.97 Å². The highest BCUT2D eigenvalue weighted by Gasteiger charge is 2.25. The zero-order valence-electron chi connectivity index (χ0n) is 10.1. The number of esters is 1. The zero-order chi connectivity index (χ0) is 12.4. The molecule has 1 atom stereocenters. The predicted octanol–water partition coefficient (Wildman–Crippen LogP) is 2.24. The van der Waals surface area contributed by atoms with E-state index >= 15 is 0 Å². The minimum absolute atomic E-state index is 0.129. The Bertz CT molecular complexity index is 579. The van der Waals surface area contributed by atoms with Crippen LogP contribution in [0.3, 0.4) is 0 Å². The molecule has 1 aliphatic rings. The molecule has 1 heterocycles. The molecule has 0 aliphatic carbocycles. The number of rotatable bonds is 3. The summed E-state index contributed by atoms with van der Waals surface area (Å²) in [6.07, 6.45) is 0.770. The van der Waals surface area contributed by atoms with Crippen molar-refractivity contribution in [1.82, 2.24) is 5.32 Å². The summed E-state index contributed by atoms with van der Waals surface area (Å²) in [6, 6.07) is 14.5. The smallest absolute Gasteiger partial charge is 0.323 e. The lowest BCUT2D eigenvalue weighted by molar-refractivity contribution is -0.139. The third-order valence-corrected chi connectivity index (χ3v) is 3.30. The Morgan fingerprint density at radius 1 is 1.17 bits per heavy atom. The van der Waals surface area contributed by atoms with Gasteiger partial charge < -0.3 is 10.1 Å². The van der Waals surface area contributed by atoms with Crippen LogP contribution in [0.5, 0.6) is 0 Å². The van der Waals surface area contributed by atoms with Crippen molar-refractivity contribution in [3.8, 4) is 0 Å². The van der Waals surface area contributed by atoms with E-state index in [9.17, 15) is 4.79 Å². The molecule has 1 aliphatic heterocycles. The fraction of sp³-hybridized carbons (Fsp3) is 0.267. The van der Waals surface area contributed by atoms with Crippen LogP contribution in [0.25, 0.3) is 10.8 Å². The van der Waals surface area contributed by atoms with Gasteiger partial charge in [-0.15, -0.1) is 0 Å². The van der Waals surface area contributed by atoms with Crippen LogP contribution in [0.15, 0.2) is 42.5 Å². The summed E-state index contributed by atoms with van der Waals surface area (Å²) in [6.45, 7) is 1.23. The first-order valence-electron chi connectivity index (χ1n) is 6.21. The Morgan fingerprint density at radius 3 is 2.78 bits per heavy atom. The van der Waals surface area contributed by atoms with E-state index in [1.165, 1.54) is 16.3 Å². The first-order valence-corrected chi connectivity index (χ1v) is 6.21. The average Bonchev–Trinajstić information content (AvgIpc) is 2.82. The van der Waals surface area contributed by atoms with Gasteiger partial charge in [-0.05, 0) is 22.4 Å². The molecule has 2 aromatic rings. The molecular formula is C15H15NO2. The number of fused-ring (bicyclic) bond motifs is 1. The molecule has 0 aromatic heterocycles. The summed E-state index contributed by atoms with van der Waals surface area (Å²) in [7, 11) is 0. The van der Waals surface area contributed by atoms with Gasteiger partial charge in [0.15, 0.2) is 0 Å². The highest BCUT2D eigenvalue weighted by atomic mass is 16.5. The van der Waals surface area contributed by atoms with Crippen molar-refractivity contribution in [2.24, 2.45) is 0 Å². The summed E-state index contributed by atoms with van der Waals surface area (Å²) in [5.74, 6) is -0.129. The number of carbonyl (C=O) groups excluding carboxylic acids is 1. The van der Waals surface area contributed by atoms with Gasteiger partial charge in [0.05, 0.1) is 6.61 Å². The molecular weight excluding hydrogens is 226 g/mol. The summed E-state index contributed by atoms with van der Waals surface area (Å²) < 4.78 is 4.92. The number of hydrogen-bond donors (Lipinski definition) is 1. The number of carbonyl (C=O) groups is 1. The summed E-state index contributed by atoms with van der Waals surface area (Å²) in [5.41, 5.74) is 1.19. The first kappa shape index (κ1) is 11.2. The lowest BCUT2D eigenvalue weighted by atomic mass is 10.1. The lowest BCUT2D eigenvalue weighted by Gasteiger charge is -2.09. The Hall–Kier alpha value is -1.87. The molecule has 18 heavy (non-hydrogen) atoms. The second kappa shape index (κ2) is 4.78. The largest absolute Gasteiger partial charge is 0.464 e. The minimum Gasteiger partial charge on any atom is -0.464 e. The molecule has 2 aromatic carbocycles. The van der Waals surface area contributed by atoms with E-state index < -0.39 is 0 Å². The molecule has 1 unspecified atom stereocenters. The fourth-order valence-electron chi connectivity index (χ4n) is 2.27. The van der Waals surface area contributed by atoms with Crippen molar-refractivity contribution in [1.29, 1.82) is 0 Å². The average molecular weight is 241 g/mol. The molecule has 0 radical (unpaired) electrons. The quantitative estimate of drug-likeness (QED) is 0.838. The highest BCUT2D eigenvalue weighted by molar-refractivity contribution is 5.83. The van der Waals surface area contributed by atoms with Gasteiger partial charge in [0.1, 0.15) is 6.04 Å². The monoisotopic (exact) mass is 241 g/mol.